The van der Waals surface area contributed by atoms with Crippen molar-refractivity contribution < 1.29 is 28.6 Å². The molecule has 0 fully saturated rings. The summed E-state index contributed by atoms with van der Waals surface area (Å²) in [6.45, 7) is 6.18. The number of hydrogen-bond acceptors (Lipinski definition) is 6. The highest BCUT2D eigenvalue weighted by molar-refractivity contribution is 5.71. The molecule has 0 atom stereocenters. The number of allylic oxidation sites excluding steroid dienone is 28. The van der Waals surface area contributed by atoms with E-state index in [0.717, 1.165) is 154 Å². The number of esters is 3. The molecule has 0 spiro atoms. The lowest BCUT2D eigenvalue weighted by molar-refractivity contribution is -0.167. The van der Waals surface area contributed by atoms with Gasteiger partial charge in [-0.05, 0) is 148 Å². The molecule has 394 valence electrons. The van der Waals surface area contributed by atoms with Gasteiger partial charge >= 0.3 is 17.9 Å². The molecule has 0 saturated carbocycles. The third kappa shape index (κ3) is 55.6. The minimum Gasteiger partial charge on any atom is -0.462 e. The standard InChI is InChI=1S/C65H98O6/c1-4-7-10-13-16-19-22-25-28-30-32-34-37-39-42-45-48-51-54-57-63(66)69-60-62(71-65(68)59-56-53-50-47-44-41-36-27-24-21-18-15-12-9-6-3)61-70-64(67)58-55-52-49-46-43-40-38-35-33-31-29-26-23-20-17-14-11-8-5-2/h7-12,16-21,25-29,32-36,39-40,42-44,47,62H,4-6,13-15,22-24,30-31,37-38,41,45-46,48-61H2,1-3H3/b10-7-,11-8-,12-9-,19-16-,20-17-,21-18-,28-25-,29-26-,34-32-,35-33-,36-27-,42-39-,43-40-,47-44-. The molecule has 71 heavy (non-hydrogen) atoms. The molecular weight excluding hydrogens is 877 g/mol. The Bertz CT molecular complexity index is 1600. The summed E-state index contributed by atoms with van der Waals surface area (Å²) in [5.74, 6) is -1.05. The minimum atomic E-state index is -0.838. The summed E-state index contributed by atoms with van der Waals surface area (Å²) >= 11 is 0. The second-order valence-electron chi connectivity index (χ2n) is 17.3. The maximum absolute atomic E-state index is 12.8. The molecule has 0 heterocycles. The summed E-state index contributed by atoms with van der Waals surface area (Å²) in [6, 6.07) is 0. The molecule has 0 aliphatic rings. The minimum absolute atomic E-state index is 0.132. The Kier molecular flexibility index (Phi) is 53.1. The molecule has 0 amide bonds. The molecule has 0 rings (SSSR count). The number of rotatable bonds is 47. The van der Waals surface area contributed by atoms with Crippen LogP contribution in [0.4, 0.5) is 0 Å². The van der Waals surface area contributed by atoms with Crippen molar-refractivity contribution in [2.75, 3.05) is 13.2 Å². The maximum Gasteiger partial charge on any atom is 0.306 e. The Morgan fingerprint density at radius 3 is 0.789 bits per heavy atom. The third-order valence-corrected chi connectivity index (χ3v) is 10.7. The van der Waals surface area contributed by atoms with Crippen molar-refractivity contribution in [3.8, 4) is 0 Å². The van der Waals surface area contributed by atoms with Crippen LogP contribution in [0.2, 0.25) is 0 Å². The highest BCUT2D eigenvalue weighted by atomic mass is 16.6. The molecule has 6 nitrogen and oxygen atoms in total. The number of ether oxygens (including phenoxy) is 3. The fourth-order valence-electron chi connectivity index (χ4n) is 6.66. The number of carbonyl (C=O) groups excluding carboxylic acids is 3. The molecular formula is C65H98O6. The largest absolute Gasteiger partial charge is 0.462 e. The average Bonchev–Trinajstić information content (AvgIpc) is 3.37. The van der Waals surface area contributed by atoms with Crippen LogP contribution in [0.3, 0.4) is 0 Å². The van der Waals surface area contributed by atoms with Gasteiger partial charge in [-0.15, -0.1) is 0 Å². The summed E-state index contributed by atoms with van der Waals surface area (Å²) in [6.07, 6.45) is 84.8. The van der Waals surface area contributed by atoms with Crippen LogP contribution in [0.25, 0.3) is 0 Å². The quantitative estimate of drug-likeness (QED) is 0.0262. The zero-order valence-electron chi connectivity index (χ0n) is 44.9. The molecule has 0 saturated heterocycles. The predicted molar refractivity (Wildman–Crippen MR) is 306 cm³/mol. The Labute approximate surface area is 434 Å². The zero-order valence-corrected chi connectivity index (χ0v) is 44.9. The van der Waals surface area contributed by atoms with Gasteiger partial charge in [0.1, 0.15) is 13.2 Å². The van der Waals surface area contributed by atoms with Crippen molar-refractivity contribution in [3.63, 3.8) is 0 Å². The van der Waals surface area contributed by atoms with Crippen molar-refractivity contribution in [1.29, 1.82) is 0 Å². The van der Waals surface area contributed by atoms with Gasteiger partial charge in [0.05, 0.1) is 0 Å². The zero-order chi connectivity index (χ0) is 51.4. The molecule has 0 bridgehead atoms. The van der Waals surface area contributed by atoms with E-state index in [4.69, 9.17) is 14.2 Å². The number of hydrogen-bond donors (Lipinski definition) is 0. The van der Waals surface area contributed by atoms with Crippen LogP contribution in [-0.2, 0) is 28.6 Å². The molecule has 0 radical (unpaired) electrons. The van der Waals surface area contributed by atoms with E-state index >= 15 is 0 Å². The van der Waals surface area contributed by atoms with E-state index in [1.807, 2.05) is 0 Å². The number of carbonyl (C=O) groups is 3. The molecule has 0 aromatic heterocycles. The van der Waals surface area contributed by atoms with Gasteiger partial charge in [-0.3, -0.25) is 14.4 Å². The van der Waals surface area contributed by atoms with Gasteiger partial charge in [0.15, 0.2) is 6.10 Å². The Hall–Kier alpha value is -5.23. The highest BCUT2D eigenvalue weighted by Crippen LogP contribution is 2.11. The van der Waals surface area contributed by atoms with E-state index < -0.39 is 6.10 Å². The van der Waals surface area contributed by atoms with Crippen molar-refractivity contribution in [2.45, 2.75) is 207 Å². The van der Waals surface area contributed by atoms with Crippen LogP contribution < -0.4 is 0 Å². The molecule has 0 N–H and O–H groups in total. The van der Waals surface area contributed by atoms with Gasteiger partial charge < -0.3 is 14.2 Å². The van der Waals surface area contributed by atoms with E-state index in [-0.39, 0.29) is 37.5 Å². The average molecular weight is 975 g/mol. The molecule has 0 aliphatic heterocycles. The fraction of sp³-hybridized carbons (Fsp3) is 0.523. The monoisotopic (exact) mass is 975 g/mol. The Balaban J connectivity index is 4.60. The first-order chi connectivity index (χ1) is 35.0. The summed E-state index contributed by atoms with van der Waals surface area (Å²) < 4.78 is 16.8. The van der Waals surface area contributed by atoms with Crippen molar-refractivity contribution >= 4 is 17.9 Å². The van der Waals surface area contributed by atoms with Crippen molar-refractivity contribution in [1.82, 2.24) is 0 Å². The van der Waals surface area contributed by atoms with Crippen LogP contribution in [-0.4, -0.2) is 37.2 Å². The van der Waals surface area contributed by atoms with Crippen LogP contribution in [0.15, 0.2) is 170 Å². The third-order valence-electron chi connectivity index (χ3n) is 10.7. The topological polar surface area (TPSA) is 78.9 Å². The molecule has 0 aromatic rings. The lowest BCUT2D eigenvalue weighted by Crippen LogP contribution is -2.30. The van der Waals surface area contributed by atoms with E-state index in [1.54, 1.807) is 0 Å². The van der Waals surface area contributed by atoms with Crippen LogP contribution in [0.1, 0.15) is 201 Å². The van der Waals surface area contributed by atoms with Crippen molar-refractivity contribution in [2.24, 2.45) is 0 Å². The molecule has 0 aliphatic carbocycles. The van der Waals surface area contributed by atoms with Gasteiger partial charge in [-0.25, -0.2) is 0 Å². The fourth-order valence-corrected chi connectivity index (χ4v) is 6.66. The molecule has 6 heteroatoms. The summed E-state index contributed by atoms with van der Waals surface area (Å²) in [5, 5.41) is 0. The van der Waals surface area contributed by atoms with Gasteiger partial charge in [-0.2, -0.15) is 0 Å². The summed E-state index contributed by atoms with van der Waals surface area (Å²) in [5.41, 5.74) is 0. The molecule has 0 aromatic carbocycles. The maximum atomic E-state index is 12.8. The SMILES string of the molecule is CC/C=C\C/C=C\C/C=C\C/C=C\C/C=C\CCCCCC(=O)OCC(COC(=O)CCCCC/C=C\C/C=C\C/C=C\C/C=C\C/C=C\CC)OC(=O)CCCC/C=C\C/C=C\C/C=C\C/C=C\CC. The highest BCUT2D eigenvalue weighted by Gasteiger charge is 2.19. The van der Waals surface area contributed by atoms with E-state index in [0.29, 0.717) is 19.3 Å². The van der Waals surface area contributed by atoms with Crippen LogP contribution in [0.5, 0.6) is 0 Å². The van der Waals surface area contributed by atoms with Gasteiger partial charge in [0.2, 0.25) is 0 Å². The normalized spacial score (nSPS) is 13.1. The van der Waals surface area contributed by atoms with E-state index in [9.17, 15) is 14.4 Å². The summed E-state index contributed by atoms with van der Waals surface area (Å²) in [7, 11) is 0. The summed E-state index contributed by atoms with van der Waals surface area (Å²) in [4.78, 5) is 38.1. The second-order valence-corrected chi connectivity index (χ2v) is 17.3. The molecule has 0 unspecified atom stereocenters. The lowest BCUT2D eigenvalue weighted by atomic mass is 10.1. The first kappa shape index (κ1) is 65.8. The Morgan fingerprint density at radius 1 is 0.282 bits per heavy atom. The smallest absolute Gasteiger partial charge is 0.306 e. The van der Waals surface area contributed by atoms with E-state index in [1.165, 1.54) is 0 Å². The second kappa shape index (κ2) is 57.3. The predicted octanol–water partition coefficient (Wildman–Crippen LogP) is 18.8. The Morgan fingerprint density at radius 2 is 0.507 bits per heavy atom. The number of unbranched alkanes of at least 4 members (excludes halogenated alkanes) is 8. The van der Waals surface area contributed by atoms with E-state index in [2.05, 4.69) is 191 Å². The van der Waals surface area contributed by atoms with Crippen LogP contribution in [0, 0.1) is 0 Å². The van der Waals surface area contributed by atoms with Gasteiger partial charge in [0, 0.05) is 19.3 Å². The van der Waals surface area contributed by atoms with Crippen LogP contribution >= 0.6 is 0 Å². The first-order valence-electron chi connectivity index (χ1n) is 27.6. The van der Waals surface area contributed by atoms with Gasteiger partial charge in [0.25, 0.3) is 0 Å². The van der Waals surface area contributed by atoms with Gasteiger partial charge in [-0.1, -0.05) is 204 Å². The van der Waals surface area contributed by atoms with Crippen molar-refractivity contribution in [3.05, 3.63) is 170 Å². The lowest BCUT2D eigenvalue weighted by Gasteiger charge is -2.18. The first-order valence-corrected chi connectivity index (χ1v) is 27.6.